The Morgan fingerprint density at radius 1 is 1.21 bits per heavy atom. The van der Waals surface area contributed by atoms with Crippen molar-refractivity contribution < 1.29 is 4.74 Å². The lowest BCUT2D eigenvalue weighted by Crippen LogP contribution is -2.44. The van der Waals surface area contributed by atoms with Gasteiger partial charge in [0.25, 0.3) is 0 Å². The summed E-state index contributed by atoms with van der Waals surface area (Å²) in [6, 6.07) is 8.39. The summed E-state index contributed by atoms with van der Waals surface area (Å²) in [6.07, 6.45) is 1.81. The van der Waals surface area contributed by atoms with Crippen molar-refractivity contribution in [1.29, 1.82) is 0 Å². The number of ether oxygens (including phenoxy) is 1. The first kappa shape index (κ1) is 12.3. The molecular weight excluding hydrogens is 240 g/mol. The SMILES string of the molecule is c1ccc2nc(OCCN3CCNCC3)ncc2c1. The van der Waals surface area contributed by atoms with Gasteiger partial charge >= 0.3 is 6.01 Å². The highest BCUT2D eigenvalue weighted by molar-refractivity contribution is 5.77. The Bertz CT molecular complexity index is 540. The highest BCUT2D eigenvalue weighted by Crippen LogP contribution is 2.12. The van der Waals surface area contributed by atoms with E-state index in [-0.39, 0.29) is 0 Å². The fraction of sp³-hybridized carbons (Fsp3) is 0.429. The summed E-state index contributed by atoms with van der Waals surface area (Å²) < 4.78 is 5.63. The van der Waals surface area contributed by atoms with Crippen LogP contribution in [0, 0.1) is 0 Å². The molecule has 1 aromatic carbocycles. The predicted molar refractivity (Wildman–Crippen MR) is 74.3 cm³/mol. The molecule has 0 atom stereocenters. The number of hydrogen-bond donors (Lipinski definition) is 1. The van der Waals surface area contributed by atoms with Gasteiger partial charge in [-0.1, -0.05) is 18.2 Å². The minimum absolute atomic E-state index is 0.467. The van der Waals surface area contributed by atoms with E-state index in [1.165, 1.54) is 0 Å². The number of aromatic nitrogens is 2. The molecule has 0 bridgehead atoms. The van der Waals surface area contributed by atoms with E-state index in [1.807, 2.05) is 30.5 Å². The lowest BCUT2D eigenvalue weighted by Gasteiger charge is -2.26. The van der Waals surface area contributed by atoms with Crippen molar-refractivity contribution in [2.45, 2.75) is 0 Å². The maximum atomic E-state index is 5.63. The van der Waals surface area contributed by atoms with E-state index in [2.05, 4.69) is 20.2 Å². The van der Waals surface area contributed by atoms with Crippen LogP contribution in [0.2, 0.25) is 0 Å². The lowest BCUT2D eigenvalue weighted by molar-refractivity contribution is 0.185. The summed E-state index contributed by atoms with van der Waals surface area (Å²) in [5.41, 5.74) is 0.926. The van der Waals surface area contributed by atoms with Gasteiger partial charge in [0.2, 0.25) is 0 Å². The molecule has 100 valence electrons. The Kier molecular flexibility index (Phi) is 3.86. The molecule has 2 heterocycles. The van der Waals surface area contributed by atoms with Crippen molar-refractivity contribution in [1.82, 2.24) is 20.2 Å². The molecule has 1 N–H and O–H groups in total. The van der Waals surface area contributed by atoms with E-state index in [4.69, 9.17) is 4.74 Å². The highest BCUT2D eigenvalue weighted by Gasteiger charge is 2.09. The quantitative estimate of drug-likeness (QED) is 0.883. The number of para-hydroxylation sites is 1. The summed E-state index contributed by atoms with van der Waals surface area (Å²) in [4.78, 5) is 11.0. The second-order valence-corrected chi connectivity index (χ2v) is 4.65. The molecule has 0 saturated carbocycles. The number of rotatable bonds is 4. The average Bonchev–Trinajstić information content (AvgIpc) is 2.48. The van der Waals surface area contributed by atoms with E-state index < -0.39 is 0 Å². The van der Waals surface area contributed by atoms with Crippen LogP contribution in [0.1, 0.15) is 0 Å². The molecule has 5 heteroatoms. The first-order valence-electron chi connectivity index (χ1n) is 6.69. The fourth-order valence-corrected chi connectivity index (χ4v) is 2.23. The number of nitrogens with one attached hydrogen (secondary N) is 1. The Labute approximate surface area is 112 Å². The zero-order valence-electron chi connectivity index (χ0n) is 10.9. The third-order valence-electron chi connectivity index (χ3n) is 3.32. The Morgan fingerprint density at radius 2 is 2.05 bits per heavy atom. The lowest BCUT2D eigenvalue weighted by atomic mass is 10.2. The first-order chi connectivity index (χ1) is 9.42. The molecule has 19 heavy (non-hydrogen) atoms. The van der Waals surface area contributed by atoms with Crippen LogP contribution in [0.5, 0.6) is 6.01 Å². The van der Waals surface area contributed by atoms with Crippen molar-refractivity contribution >= 4 is 10.9 Å². The normalized spacial score (nSPS) is 16.6. The van der Waals surface area contributed by atoms with Crippen LogP contribution in [0.3, 0.4) is 0 Å². The van der Waals surface area contributed by atoms with Crippen LogP contribution in [0.25, 0.3) is 10.9 Å². The largest absolute Gasteiger partial charge is 0.462 e. The standard InChI is InChI=1S/C14H18N4O/c1-2-4-13-12(3-1)11-16-14(17-13)19-10-9-18-7-5-15-6-8-18/h1-4,11,15H,5-10H2. The predicted octanol–water partition coefficient (Wildman–Crippen LogP) is 0.914. The van der Waals surface area contributed by atoms with E-state index in [0.717, 1.165) is 43.6 Å². The Hall–Kier alpha value is -1.72. The molecule has 1 aromatic heterocycles. The molecule has 2 aromatic rings. The van der Waals surface area contributed by atoms with Crippen molar-refractivity contribution in [3.05, 3.63) is 30.5 Å². The van der Waals surface area contributed by atoms with Gasteiger partial charge < -0.3 is 10.1 Å². The van der Waals surface area contributed by atoms with Gasteiger partial charge in [-0.3, -0.25) is 4.90 Å². The van der Waals surface area contributed by atoms with Gasteiger partial charge in [0.05, 0.1) is 5.52 Å². The average molecular weight is 258 g/mol. The van der Waals surface area contributed by atoms with E-state index in [9.17, 15) is 0 Å². The minimum Gasteiger partial charge on any atom is -0.462 e. The van der Waals surface area contributed by atoms with Crippen molar-refractivity contribution in [2.24, 2.45) is 0 Å². The summed E-state index contributed by atoms with van der Waals surface area (Å²) in [7, 11) is 0. The van der Waals surface area contributed by atoms with Crippen LogP contribution in [-0.4, -0.2) is 54.2 Å². The van der Waals surface area contributed by atoms with Crippen LogP contribution < -0.4 is 10.1 Å². The molecule has 0 unspecified atom stereocenters. The number of benzene rings is 1. The van der Waals surface area contributed by atoms with Crippen LogP contribution in [0.15, 0.2) is 30.5 Å². The van der Waals surface area contributed by atoms with Gasteiger partial charge in [0.15, 0.2) is 0 Å². The zero-order valence-corrected chi connectivity index (χ0v) is 10.9. The molecule has 0 spiro atoms. The van der Waals surface area contributed by atoms with Gasteiger partial charge in [0, 0.05) is 44.3 Å². The van der Waals surface area contributed by atoms with Gasteiger partial charge in [-0.2, -0.15) is 4.98 Å². The number of hydrogen-bond acceptors (Lipinski definition) is 5. The molecule has 5 nitrogen and oxygen atoms in total. The smallest absolute Gasteiger partial charge is 0.316 e. The summed E-state index contributed by atoms with van der Waals surface area (Å²) in [5.74, 6) is 0. The monoisotopic (exact) mass is 258 g/mol. The third-order valence-corrected chi connectivity index (χ3v) is 3.32. The van der Waals surface area contributed by atoms with E-state index in [0.29, 0.717) is 12.6 Å². The van der Waals surface area contributed by atoms with Crippen molar-refractivity contribution in [3.63, 3.8) is 0 Å². The van der Waals surface area contributed by atoms with Gasteiger partial charge in [-0.15, -0.1) is 0 Å². The second kappa shape index (κ2) is 5.95. The molecule has 1 aliphatic heterocycles. The number of piperazine rings is 1. The first-order valence-corrected chi connectivity index (χ1v) is 6.69. The van der Waals surface area contributed by atoms with Gasteiger partial charge in [0.1, 0.15) is 6.61 Å². The maximum Gasteiger partial charge on any atom is 0.316 e. The second-order valence-electron chi connectivity index (χ2n) is 4.65. The molecular formula is C14H18N4O. The maximum absolute atomic E-state index is 5.63. The number of nitrogens with zero attached hydrogens (tertiary/aromatic N) is 3. The number of fused-ring (bicyclic) bond motifs is 1. The molecule has 0 aliphatic carbocycles. The Morgan fingerprint density at radius 3 is 2.95 bits per heavy atom. The van der Waals surface area contributed by atoms with Crippen LogP contribution in [-0.2, 0) is 0 Å². The van der Waals surface area contributed by atoms with Crippen LogP contribution in [0.4, 0.5) is 0 Å². The summed E-state index contributed by atoms with van der Waals surface area (Å²) >= 11 is 0. The van der Waals surface area contributed by atoms with Crippen molar-refractivity contribution in [3.8, 4) is 6.01 Å². The minimum atomic E-state index is 0.467. The molecule has 1 aliphatic rings. The van der Waals surface area contributed by atoms with Crippen LogP contribution >= 0.6 is 0 Å². The van der Waals surface area contributed by atoms with Crippen molar-refractivity contribution in [2.75, 3.05) is 39.3 Å². The van der Waals surface area contributed by atoms with Gasteiger partial charge in [-0.05, 0) is 6.07 Å². The highest BCUT2D eigenvalue weighted by atomic mass is 16.5. The molecule has 1 saturated heterocycles. The third kappa shape index (κ3) is 3.19. The zero-order chi connectivity index (χ0) is 12.9. The van der Waals surface area contributed by atoms with Gasteiger partial charge in [-0.25, -0.2) is 4.98 Å². The molecule has 1 fully saturated rings. The van der Waals surface area contributed by atoms with E-state index in [1.54, 1.807) is 0 Å². The van der Waals surface area contributed by atoms with E-state index >= 15 is 0 Å². The molecule has 0 amide bonds. The topological polar surface area (TPSA) is 50.3 Å². The Balaban J connectivity index is 1.56. The fourth-order valence-electron chi connectivity index (χ4n) is 2.23. The summed E-state index contributed by atoms with van der Waals surface area (Å²) in [6.45, 7) is 5.86. The summed E-state index contributed by atoms with van der Waals surface area (Å²) in [5, 5.41) is 4.37. The molecule has 0 radical (unpaired) electrons. The molecule has 3 rings (SSSR count).